The van der Waals surface area contributed by atoms with Crippen molar-refractivity contribution in [3.05, 3.63) is 39.4 Å². The molecule has 6 heteroatoms. The number of hydrogen-bond acceptors (Lipinski definition) is 3. The Kier molecular flexibility index (Phi) is 4.83. The predicted molar refractivity (Wildman–Crippen MR) is 81.8 cm³/mol. The summed E-state index contributed by atoms with van der Waals surface area (Å²) in [4.78, 5) is 22.9. The molecular formula is C15H19ClN2O3. The zero-order chi connectivity index (χ0) is 15.5. The molecule has 0 atom stereocenters. The maximum Gasteiger partial charge on any atom is 0.282 e. The van der Waals surface area contributed by atoms with E-state index in [1.807, 2.05) is 0 Å². The van der Waals surface area contributed by atoms with Crippen molar-refractivity contribution in [2.24, 2.45) is 5.41 Å². The van der Waals surface area contributed by atoms with Gasteiger partial charge in [-0.3, -0.25) is 14.9 Å². The number of hydrogen-bond donors (Lipinski definition) is 1. The summed E-state index contributed by atoms with van der Waals surface area (Å²) in [6, 6.07) is 4.64. The van der Waals surface area contributed by atoms with E-state index in [0.717, 1.165) is 25.7 Å². The van der Waals surface area contributed by atoms with Crippen LogP contribution in [0.5, 0.6) is 0 Å². The van der Waals surface area contributed by atoms with Gasteiger partial charge in [-0.05, 0) is 25.3 Å². The first-order valence-electron chi connectivity index (χ1n) is 7.07. The summed E-state index contributed by atoms with van der Waals surface area (Å²) in [7, 11) is 0. The van der Waals surface area contributed by atoms with Crippen LogP contribution in [0.3, 0.4) is 0 Å². The number of amides is 1. The summed E-state index contributed by atoms with van der Waals surface area (Å²) in [6.07, 6.45) is 4.22. The molecular weight excluding hydrogens is 292 g/mol. The van der Waals surface area contributed by atoms with Gasteiger partial charge in [-0.25, -0.2) is 0 Å². The van der Waals surface area contributed by atoms with Gasteiger partial charge >= 0.3 is 0 Å². The van der Waals surface area contributed by atoms with Gasteiger partial charge in [-0.2, -0.15) is 0 Å². The molecule has 1 fully saturated rings. The molecule has 0 radical (unpaired) electrons. The summed E-state index contributed by atoms with van der Waals surface area (Å²) in [5.41, 5.74) is 0.534. The minimum atomic E-state index is -0.519. The minimum Gasteiger partial charge on any atom is -0.351 e. The zero-order valence-electron chi connectivity index (χ0n) is 12.0. The topological polar surface area (TPSA) is 72.2 Å². The highest BCUT2D eigenvalue weighted by Crippen LogP contribution is 2.38. The number of halogens is 1. The van der Waals surface area contributed by atoms with Crippen LogP contribution in [0.2, 0.25) is 0 Å². The van der Waals surface area contributed by atoms with Crippen molar-refractivity contribution < 1.29 is 9.72 Å². The van der Waals surface area contributed by atoms with Crippen molar-refractivity contribution in [2.45, 2.75) is 32.6 Å². The SMILES string of the molecule is Cc1cccc([N+](=O)[O-])c1C(=O)NCC1(CCl)CCCC1. The third kappa shape index (κ3) is 3.35. The Morgan fingerprint density at radius 2 is 2.10 bits per heavy atom. The Bertz CT molecular complexity index is 554. The molecule has 1 aliphatic carbocycles. The van der Waals surface area contributed by atoms with E-state index in [4.69, 9.17) is 11.6 Å². The number of rotatable bonds is 5. The van der Waals surface area contributed by atoms with Gasteiger partial charge in [-0.15, -0.1) is 11.6 Å². The lowest BCUT2D eigenvalue weighted by Gasteiger charge is -2.26. The van der Waals surface area contributed by atoms with Gasteiger partial charge in [0.25, 0.3) is 11.6 Å². The standard InChI is InChI=1S/C15H19ClN2O3/c1-11-5-4-6-12(18(20)21)13(11)14(19)17-10-15(9-16)7-2-3-8-15/h4-6H,2-3,7-10H2,1H3,(H,17,19). The van der Waals surface area contributed by atoms with E-state index in [9.17, 15) is 14.9 Å². The van der Waals surface area contributed by atoms with E-state index in [-0.39, 0.29) is 16.7 Å². The van der Waals surface area contributed by atoms with E-state index >= 15 is 0 Å². The monoisotopic (exact) mass is 310 g/mol. The minimum absolute atomic E-state index is 0.0608. The van der Waals surface area contributed by atoms with Gasteiger partial charge in [0.05, 0.1) is 4.92 Å². The fraction of sp³-hybridized carbons (Fsp3) is 0.533. The summed E-state index contributed by atoms with van der Waals surface area (Å²) in [6.45, 7) is 2.18. The first-order valence-corrected chi connectivity index (χ1v) is 7.61. The van der Waals surface area contributed by atoms with Crippen molar-refractivity contribution in [2.75, 3.05) is 12.4 Å². The first-order chi connectivity index (χ1) is 9.99. The average Bonchev–Trinajstić information content (AvgIpc) is 2.94. The van der Waals surface area contributed by atoms with Gasteiger partial charge in [0, 0.05) is 23.9 Å². The molecule has 0 unspecified atom stereocenters. The molecule has 0 heterocycles. The lowest BCUT2D eigenvalue weighted by Crippen LogP contribution is -2.37. The van der Waals surface area contributed by atoms with Crippen LogP contribution in [0, 0.1) is 22.5 Å². The third-order valence-electron chi connectivity index (χ3n) is 4.25. The van der Waals surface area contributed by atoms with E-state index in [2.05, 4.69) is 5.32 Å². The molecule has 1 aromatic rings. The Morgan fingerprint density at radius 3 is 2.67 bits per heavy atom. The Hall–Kier alpha value is -1.62. The zero-order valence-corrected chi connectivity index (χ0v) is 12.8. The second kappa shape index (κ2) is 6.43. The molecule has 1 N–H and O–H groups in total. The van der Waals surface area contributed by atoms with Crippen LogP contribution in [-0.2, 0) is 0 Å². The van der Waals surface area contributed by atoms with Crippen LogP contribution >= 0.6 is 11.6 Å². The number of carbonyl (C=O) groups is 1. The third-order valence-corrected chi connectivity index (χ3v) is 4.81. The highest BCUT2D eigenvalue weighted by Gasteiger charge is 2.34. The highest BCUT2D eigenvalue weighted by molar-refractivity contribution is 6.18. The summed E-state index contributed by atoms with van der Waals surface area (Å²) in [5.74, 6) is 0.111. The smallest absolute Gasteiger partial charge is 0.282 e. The van der Waals surface area contributed by atoms with Crippen molar-refractivity contribution in [3.8, 4) is 0 Å². The van der Waals surface area contributed by atoms with Crippen LogP contribution in [0.4, 0.5) is 5.69 Å². The van der Waals surface area contributed by atoms with E-state index < -0.39 is 10.8 Å². The number of aryl methyl sites for hydroxylation is 1. The lowest BCUT2D eigenvalue weighted by atomic mass is 9.88. The maximum absolute atomic E-state index is 12.3. The summed E-state index contributed by atoms with van der Waals surface area (Å²) >= 11 is 6.05. The number of benzene rings is 1. The van der Waals surface area contributed by atoms with Gasteiger partial charge < -0.3 is 5.32 Å². The predicted octanol–water partition coefficient (Wildman–Crippen LogP) is 3.43. The number of nitrogens with one attached hydrogen (secondary N) is 1. The normalized spacial score (nSPS) is 16.7. The molecule has 0 saturated heterocycles. The number of nitro benzene ring substituents is 1. The molecule has 1 aromatic carbocycles. The fourth-order valence-electron chi connectivity index (χ4n) is 2.94. The fourth-order valence-corrected chi connectivity index (χ4v) is 3.30. The van der Waals surface area contributed by atoms with Crippen LogP contribution in [0.25, 0.3) is 0 Å². The molecule has 1 saturated carbocycles. The molecule has 0 spiro atoms. The van der Waals surface area contributed by atoms with E-state index in [0.29, 0.717) is 18.0 Å². The number of alkyl halides is 1. The summed E-state index contributed by atoms with van der Waals surface area (Å²) in [5, 5.41) is 13.9. The largest absolute Gasteiger partial charge is 0.351 e. The average molecular weight is 311 g/mol. The van der Waals surface area contributed by atoms with Crippen molar-refractivity contribution in [1.29, 1.82) is 0 Å². The van der Waals surface area contributed by atoms with Gasteiger partial charge in [-0.1, -0.05) is 25.0 Å². The molecule has 0 bridgehead atoms. The number of nitro groups is 1. The first kappa shape index (κ1) is 15.8. The maximum atomic E-state index is 12.3. The summed E-state index contributed by atoms with van der Waals surface area (Å²) < 4.78 is 0. The Labute approximate surface area is 128 Å². The Morgan fingerprint density at radius 1 is 1.43 bits per heavy atom. The van der Waals surface area contributed by atoms with Crippen LogP contribution in [0.15, 0.2) is 18.2 Å². The van der Waals surface area contributed by atoms with Crippen molar-refractivity contribution >= 4 is 23.2 Å². The number of carbonyl (C=O) groups excluding carboxylic acids is 1. The van der Waals surface area contributed by atoms with Crippen LogP contribution in [0.1, 0.15) is 41.6 Å². The number of nitrogens with zero attached hydrogens (tertiary/aromatic N) is 1. The molecule has 1 amide bonds. The molecule has 5 nitrogen and oxygen atoms in total. The second-order valence-electron chi connectivity index (χ2n) is 5.75. The van der Waals surface area contributed by atoms with Gasteiger partial charge in [0.1, 0.15) is 5.56 Å². The van der Waals surface area contributed by atoms with Crippen LogP contribution in [-0.4, -0.2) is 23.3 Å². The quantitative estimate of drug-likeness (QED) is 0.514. The van der Waals surface area contributed by atoms with E-state index in [1.165, 1.54) is 6.07 Å². The molecule has 0 aliphatic heterocycles. The van der Waals surface area contributed by atoms with E-state index in [1.54, 1.807) is 19.1 Å². The van der Waals surface area contributed by atoms with Gasteiger partial charge in [0.2, 0.25) is 0 Å². The highest BCUT2D eigenvalue weighted by atomic mass is 35.5. The molecule has 21 heavy (non-hydrogen) atoms. The molecule has 0 aromatic heterocycles. The van der Waals surface area contributed by atoms with Gasteiger partial charge in [0.15, 0.2) is 0 Å². The molecule has 114 valence electrons. The second-order valence-corrected chi connectivity index (χ2v) is 6.02. The Balaban J connectivity index is 2.16. The molecule has 2 rings (SSSR count). The van der Waals surface area contributed by atoms with Crippen molar-refractivity contribution in [3.63, 3.8) is 0 Å². The van der Waals surface area contributed by atoms with Crippen LogP contribution < -0.4 is 5.32 Å². The van der Waals surface area contributed by atoms with Crippen molar-refractivity contribution in [1.82, 2.24) is 5.32 Å². The lowest BCUT2D eigenvalue weighted by molar-refractivity contribution is -0.385. The molecule has 1 aliphatic rings.